The van der Waals surface area contributed by atoms with Gasteiger partial charge in [0, 0.05) is 6.54 Å². The highest BCUT2D eigenvalue weighted by Crippen LogP contribution is 2.30. The van der Waals surface area contributed by atoms with Crippen LogP contribution in [0.4, 0.5) is 0 Å². The van der Waals surface area contributed by atoms with E-state index in [9.17, 15) is 9.59 Å². The number of Topliss-reactive ketones (excluding diaryl/α,β-unsaturated/α-hetero) is 1. The number of likely N-dealkylation sites (N-methyl/N-ethyl adjacent to an activating group) is 1. The third kappa shape index (κ3) is 3.51. The number of nitrogens with zero attached hydrogens (tertiary/aromatic N) is 1. The minimum absolute atomic E-state index is 0.129. The quantitative estimate of drug-likeness (QED) is 0.736. The van der Waals surface area contributed by atoms with Gasteiger partial charge in [0.15, 0.2) is 11.4 Å². The lowest BCUT2D eigenvalue weighted by Gasteiger charge is -2.18. The molecule has 2 aromatic rings. The van der Waals surface area contributed by atoms with Crippen LogP contribution in [0.25, 0.3) is 10.3 Å². The maximum absolute atomic E-state index is 11.9. The molecule has 0 saturated heterocycles. The van der Waals surface area contributed by atoms with Gasteiger partial charge in [0.2, 0.25) is 0 Å². The Morgan fingerprint density at radius 3 is 2.67 bits per heavy atom. The van der Waals surface area contributed by atoms with E-state index in [1.807, 2.05) is 0 Å². The van der Waals surface area contributed by atoms with Crippen molar-refractivity contribution in [1.29, 1.82) is 0 Å². The summed E-state index contributed by atoms with van der Waals surface area (Å²) in [5.74, 6) is 0.384. The van der Waals surface area contributed by atoms with E-state index in [1.165, 1.54) is 6.92 Å². The number of benzene rings is 1. The molecule has 1 aromatic heterocycles. The molecule has 21 heavy (non-hydrogen) atoms. The van der Waals surface area contributed by atoms with E-state index >= 15 is 0 Å². The number of ether oxygens (including phenoxy) is 1. The highest BCUT2D eigenvalue weighted by Gasteiger charge is 2.17. The van der Waals surface area contributed by atoms with Crippen molar-refractivity contribution in [2.75, 3.05) is 26.2 Å². The van der Waals surface area contributed by atoms with Crippen LogP contribution in [0.2, 0.25) is 0 Å². The van der Waals surface area contributed by atoms with E-state index in [2.05, 4.69) is 18.7 Å². The van der Waals surface area contributed by atoms with Crippen molar-refractivity contribution in [3.63, 3.8) is 0 Å². The number of rotatable bonds is 7. The van der Waals surface area contributed by atoms with Crippen LogP contribution < -0.4 is 9.68 Å². The zero-order valence-electron chi connectivity index (χ0n) is 12.5. The fourth-order valence-corrected chi connectivity index (χ4v) is 3.05. The lowest BCUT2D eigenvalue weighted by molar-refractivity contribution is 0.101. The summed E-state index contributed by atoms with van der Waals surface area (Å²) in [5.41, 5.74) is 0.870. The molecule has 0 saturated carbocycles. The first kappa shape index (κ1) is 15.7. The van der Waals surface area contributed by atoms with Gasteiger partial charge in [-0.15, -0.1) is 0 Å². The van der Waals surface area contributed by atoms with E-state index in [0.29, 0.717) is 28.2 Å². The van der Waals surface area contributed by atoms with Gasteiger partial charge in [-0.3, -0.25) is 4.79 Å². The fourth-order valence-electron chi connectivity index (χ4n) is 2.20. The van der Waals surface area contributed by atoms with Gasteiger partial charge in [-0.2, -0.15) is 0 Å². The molecule has 5 nitrogen and oxygen atoms in total. The second-order valence-corrected chi connectivity index (χ2v) is 5.60. The summed E-state index contributed by atoms with van der Waals surface area (Å²) >= 11 is 0.937. The van der Waals surface area contributed by atoms with Crippen LogP contribution >= 0.6 is 11.3 Å². The molecule has 0 spiro atoms. The zero-order chi connectivity index (χ0) is 15.4. The van der Waals surface area contributed by atoms with E-state index in [4.69, 9.17) is 9.15 Å². The van der Waals surface area contributed by atoms with Crippen LogP contribution in [0.3, 0.4) is 0 Å². The first-order valence-corrected chi connectivity index (χ1v) is 7.81. The third-order valence-corrected chi connectivity index (χ3v) is 4.23. The van der Waals surface area contributed by atoms with Gasteiger partial charge in [0.05, 0.1) is 10.3 Å². The summed E-state index contributed by atoms with van der Waals surface area (Å²) in [7, 11) is 0. The van der Waals surface area contributed by atoms with E-state index in [0.717, 1.165) is 31.0 Å². The highest BCUT2D eigenvalue weighted by atomic mass is 32.1. The first-order chi connectivity index (χ1) is 10.1. The Hall–Kier alpha value is -1.66. The molecule has 1 heterocycles. The number of carbonyl (C=O) groups excluding carboxylic acids is 1. The van der Waals surface area contributed by atoms with Gasteiger partial charge in [-0.1, -0.05) is 25.2 Å². The molecule has 0 fully saturated rings. The molecule has 114 valence electrons. The van der Waals surface area contributed by atoms with Crippen LogP contribution in [-0.4, -0.2) is 36.9 Å². The molecule has 0 aliphatic rings. The van der Waals surface area contributed by atoms with Crippen molar-refractivity contribution < 1.29 is 13.9 Å². The van der Waals surface area contributed by atoms with Crippen molar-refractivity contribution in [1.82, 2.24) is 4.90 Å². The molecular weight excluding hydrogens is 290 g/mol. The molecule has 2 rings (SSSR count). The summed E-state index contributed by atoms with van der Waals surface area (Å²) in [4.78, 5) is 25.0. The van der Waals surface area contributed by atoms with Crippen molar-refractivity contribution in [2.45, 2.75) is 20.8 Å². The third-order valence-electron chi connectivity index (χ3n) is 3.37. The standard InChI is InChI=1S/C15H19NO4S/c1-4-16(5-2)8-9-19-11-6-7-12-14(13(11)10(3)17)21-15(18)20-12/h6-7H,4-5,8-9H2,1-3H3. The summed E-state index contributed by atoms with van der Waals surface area (Å²) in [6, 6.07) is 3.36. The molecule has 0 aliphatic heterocycles. The Kier molecular flexibility index (Phi) is 5.14. The van der Waals surface area contributed by atoms with Crippen molar-refractivity contribution >= 4 is 27.4 Å². The van der Waals surface area contributed by atoms with Crippen LogP contribution in [-0.2, 0) is 0 Å². The topological polar surface area (TPSA) is 59.8 Å². The van der Waals surface area contributed by atoms with E-state index in [1.54, 1.807) is 12.1 Å². The van der Waals surface area contributed by atoms with E-state index in [-0.39, 0.29) is 5.78 Å². The minimum atomic E-state index is -0.409. The summed E-state index contributed by atoms with van der Waals surface area (Å²) in [6.07, 6.45) is 0. The lowest BCUT2D eigenvalue weighted by atomic mass is 10.1. The Bertz CT molecular complexity index is 685. The molecule has 0 amide bonds. The smallest absolute Gasteiger partial charge is 0.396 e. The maximum Gasteiger partial charge on any atom is 0.396 e. The Morgan fingerprint density at radius 2 is 2.05 bits per heavy atom. The molecule has 0 aliphatic carbocycles. The van der Waals surface area contributed by atoms with Crippen LogP contribution in [0.5, 0.6) is 5.75 Å². The largest absolute Gasteiger partial charge is 0.491 e. The summed E-state index contributed by atoms with van der Waals surface area (Å²) in [6.45, 7) is 8.88. The van der Waals surface area contributed by atoms with Gasteiger partial charge in [0.25, 0.3) is 0 Å². The summed E-state index contributed by atoms with van der Waals surface area (Å²) in [5, 5.41) is 0. The number of hydrogen-bond donors (Lipinski definition) is 0. The molecule has 1 aromatic carbocycles. The van der Waals surface area contributed by atoms with Crippen LogP contribution in [0.15, 0.2) is 21.3 Å². The zero-order valence-corrected chi connectivity index (χ0v) is 13.3. The average molecular weight is 309 g/mol. The van der Waals surface area contributed by atoms with Gasteiger partial charge in [-0.25, -0.2) is 4.79 Å². The number of fused-ring (bicyclic) bond motifs is 1. The molecule has 0 bridgehead atoms. The molecular formula is C15H19NO4S. The molecule has 6 heteroatoms. The van der Waals surface area contributed by atoms with Gasteiger partial charge >= 0.3 is 4.94 Å². The first-order valence-electron chi connectivity index (χ1n) is 6.99. The SMILES string of the molecule is CCN(CC)CCOc1ccc2oc(=O)sc2c1C(C)=O. The lowest BCUT2D eigenvalue weighted by Crippen LogP contribution is -2.28. The number of carbonyl (C=O) groups is 1. The van der Waals surface area contributed by atoms with Crippen LogP contribution in [0.1, 0.15) is 31.1 Å². The maximum atomic E-state index is 11.9. The Balaban J connectivity index is 2.25. The highest BCUT2D eigenvalue weighted by molar-refractivity contribution is 7.16. The van der Waals surface area contributed by atoms with Gasteiger partial charge in [-0.05, 0) is 32.1 Å². The molecule has 0 radical (unpaired) electrons. The predicted molar refractivity (Wildman–Crippen MR) is 83.6 cm³/mol. The molecule has 0 atom stereocenters. The minimum Gasteiger partial charge on any atom is -0.491 e. The van der Waals surface area contributed by atoms with Gasteiger partial charge < -0.3 is 14.1 Å². The molecule has 0 N–H and O–H groups in total. The Labute approximate surface area is 127 Å². The summed E-state index contributed by atoms with van der Waals surface area (Å²) < 4.78 is 11.4. The molecule has 0 unspecified atom stereocenters. The normalized spacial score (nSPS) is 11.2. The number of ketones is 1. The van der Waals surface area contributed by atoms with E-state index < -0.39 is 4.94 Å². The second-order valence-electron chi connectivity index (χ2n) is 4.65. The monoisotopic (exact) mass is 309 g/mol. The van der Waals surface area contributed by atoms with Gasteiger partial charge in [0.1, 0.15) is 12.4 Å². The second kappa shape index (κ2) is 6.87. The number of hydrogen-bond acceptors (Lipinski definition) is 6. The average Bonchev–Trinajstić information content (AvgIpc) is 2.82. The van der Waals surface area contributed by atoms with Crippen molar-refractivity contribution in [3.8, 4) is 5.75 Å². The predicted octanol–water partition coefficient (Wildman–Crippen LogP) is 2.78. The van der Waals surface area contributed by atoms with Crippen molar-refractivity contribution in [2.24, 2.45) is 0 Å². The van der Waals surface area contributed by atoms with Crippen LogP contribution in [0, 0.1) is 0 Å². The Morgan fingerprint density at radius 1 is 1.33 bits per heavy atom. The fraction of sp³-hybridized carbons (Fsp3) is 0.467. The van der Waals surface area contributed by atoms with Crippen molar-refractivity contribution in [3.05, 3.63) is 27.4 Å².